The van der Waals surface area contributed by atoms with E-state index >= 15 is 0 Å². The highest BCUT2D eigenvalue weighted by molar-refractivity contribution is 7.99. The molecule has 22 heavy (non-hydrogen) atoms. The first-order chi connectivity index (χ1) is 10.8. The predicted molar refractivity (Wildman–Crippen MR) is 83.6 cm³/mol. The van der Waals surface area contributed by atoms with Crippen molar-refractivity contribution in [3.63, 3.8) is 0 Å². The topological polar surface area (TPSA) is 83.8 Å². The summed E-state index contributed by atoms with van der Waals surface area (Å²) in [6.45, 7) is 0.557. The highest BCUT2D eigenvalue weighted by atomic mass is 32.2. The quantitative estimate of drug-likeness (QED) is 0.540. The molecule has 3 aromatic rings. The van der Waals surface area contributed by atoms with Crippen LogP contribution in [0.3, 0.4) is 0 Å². The van der Waals surface area contributed by atoms with Gasteiger partial charge in [-0.3, -0.25) is 4.79 Å². The molecule has 0 spiro atoms. The van der Waals surface area contributed by atoms with Gasteiger partial charge in [-0.1, -0.05) is 12.1 Å². The van der Waals surface area contributed by atoms with Gasteiger partial charge in [-0.05, 0) is 24.3 Å². The molecule has 2 heterocycles. The third-order valence-corrected chi connectivity index (χ3v) is 3.86. The second-order valence-corrected chi connectivity index (χ2v) is 5.59. The van der Waals surface area contributed by atoms with Crippen molar-refractivity contribution in [2.75, 3.05) is 12.3 Å². The smallest absolute Gasteiger partial charge is 0.251 e. The molecule has 112 valence electrons. The number of hydrogen-bond acceptors (Lipinski definition) is 5. The molecule has 0 fully saturated rings. The van der Waals surface area contributed by atoms with E-state index in [1.807, 2.05) is 30.3 Å². The molecule has 0 saturated carbocycles. The molecule has 1 aromatic carbocycles. The normalized spacial score (nSPS) is 10.5. The predicted octanol–water partition coefficient (Wildman–Crippen LogP) is 2.59. The van der Waals surface area contributed by atoms with Crippen LogP contribution < -0.4 is 5.32 Å². The van der Waals surface area contributed by atoms with Crippen molar-refractivity contribution in [1.82, 2.24) is 20.7 Å². The molecule has 2 aromatic heterocycles. The van der Waals surface area contributed by atoms with Crippen molar-refractivity contribution >= 4 is 17.7 Å². The third-order valence-electron chi connectivity index (χ3n) is 2.96. The molecule has 0 aliphatic heterocycles. The zero-order valence-electron chi connectivity index (χ0n) is 11.7. The molecule has 0 radical (unpaired) electrons. The summed E-state index contributed by atoms with van der Waals surface area (Å²) in [5, 5.41) is 13.9. The Bertz CT molecular complexity index is 726. The molecular weight excluding hydrogens is 300 g/mol. The Morgan fingerprint density at radius 3 is 3.05 bits per heavy atom. The fourth-order valence-corrected chi connectivity index (χ4v) is 2.59. The van der Waals surface area contributed by atoms with E-state index < -0.39 is 0 Å². The third kappa shape index (κ3) is 3.56. The van der Waals surface area contributed by atoms with Crippen molar-refractivity contribution in [3.8, 4) is 11.3 Å². The minimum atomic E-state index is -0.103. The first kappa shape index (κ1) is 14.4. The van der Waals surface area contributed by atoms with Crippen LogP contribution >= 0.6 is 11.8 Å². The van der Waals surface area contributed by atoms with Gasteiger partial charge in [0, 0.05) is 23.4 Å². The molecule has 7 heteroatoms. The van der Waals surface area contributed by atoms with E-state index in [9.17, 15) is 4.79 Å². The summed E-state index contributed by atoms with van der Waals surface area (Å²) in [6.07, 6.45) is 3.27. The number of aromatic nitrogens is 3. The Hall–Kier alpha value is -2.54. The summed E-state index contributed by atoms with van der Waals surface area (Å²) in [5.74, 6) is 1.38. The van der Waals surface area contributed by atoms with Crippen molar-refractivity contribution < 1.29 is 9.21 Å². The number of carbonyl (C=O) groups excluding carboxylic acids is 1. The zero-order valence-corrected chi connectivity index (χ0v) is 12.5. The largest absolute Gasteiger partial charge is 0.464 e. The fraction of sp³-hybridized carbons (Fsp3) is 0.133. The number of amides is 1. The van der Waals surface area contributed by atoms with Crippen LogP contribution in [0.5, 0.6) is 0 Å². The molecule has 1 amide bonds. The average molecular weight is 314 g/mol. The van der Waals surface area contributed by atoms with Gasteiger partial charge < -0.3 is 9.73 Å². The minimum Gasteiger partial charge on any atom is -0.464 e. The van der Waals surface area contributed by atoms with Crippen LogP contribution in [0.25, 0.3) is 11.3 Å². The van der Waals surface area contributed by atoms with Crippen molar-refractivity contribution in [1.29, 1.82) is 0 Å². The van der Waals surface area contributed by atoms with Crippen molar-refractivity contribution in [2.45, 2.75) is 5.03 Å². The second kappa shape index (κ2) is 6.95. The molecule has 6 nitrogen and oxygen atoms in total. The summed E-state index contributed by atoms with van der Waals surface area (Å²) in [4.78, 5) is 12.1. The zero-order chi connectivity index (χ0) is 15.2. The lowest BCUT2D eigenvalue weighted by molar-refractivity contribution is 0.0956. The monoisotopic (exact) mass is 314 g/mol. The molecule has 0 unspecified atom stereocenters. The lowest BCUT2D eigenvalue weighted by Crippen LogP contribution is -2.25. The lowest BCUT2D eigenvalue weighted by atomic mass is 10.1. The maximum absolute atomic E-state index is 12.1. The Kier molecular flexibility index (Phi) is 4.55. The van der Waals surface area contributed by atoms with Gasteiger partial charge in [-0.25, -0.2) is 0 Å². The van der Waals surface area contributed by atoms with Gasteiger partial charge in [-0.2, -0.15) is 10.3 Å². The minimum absolute atomic E-state index is 0.103. The van der Waals surface area contributed by atoms with Crippen LogP contribution in [0, 0.1) is 0 Å². The van der Waals surface area contributed by atoms with Crippen LogP contribution in [-0.4, -0.2) is 33.6 Å². The number of thioether (sulfide) groups is 1. The first-order valence-corrected chi connectivity index (χ1v) is 7.72. The van der Waals surface area contributed by atoms with Crippen molar-refractivity contribution in [2.24, 2.45) is 0 Å². The van der Waals surface area contributed by atoms with Crippen LogP contribution in [0.2, 0.25) is 0 Å². The number of nitrogens with one attached hydrogen (secondary N) is 2. The molecule has 0 bridgehead atoms. The summed E-state index contributed by atoms with van der Waals surface area (Å²) in [7, 11) is 0. The van der Waals surface area contributed by atoms with E-state index in [1.165, 1.54) is 11.8 Å². The number of nitrogens with zero attached hydrogens (tertiary/aromatic N) is 2. The number of hydrogen-bond donors (Lipinski definition) is 2. The molecule has 0 aliphatic rings. The van der Waals surface area contributed by atoms with Gasteiger partial charge >= 0.3 is 0 Å². The highest BCUT2D eigenvalue weighted by Gasteiger charge is 2.08. The Balaban J connectivity index is 1.55. The van der Waals surface area contributed by atoms with Gasteiger partial charge in [0.1, 0.15) is 10.8 Å². The average Bonchev–Trinajstić information content (AvgIpc) is 3.24. The van der Waals surface area contributed by atoms with E-state index in [1.54, 1.807) is 18.5 Å². The Morgan fingerprint density at radius 1 is 1.32 bits per heavy atom. The summed E-state index contributed by atoms with van der Waals surface area (Å²) in [5.41, 5.74) is 1.50. The number of rotatable bonds is 6. The Morgan fingerprint density at radius 2 is 2.27 bits per heavy atom. The highest BCUT2D eigenvalue weighted by Crippen LogP contribution is 2.20. The SMILES string of the molecule is O=C(NCCSc1cn[nH]n1)c1cccc(-c2ccco2)c1. The molecule has 3 rings (SSSR count). The number of benzene rings is 1. The van der Waals surface area contributed by atoms with E-state index in [2.05, 4.69) is 20.7 Å². The molecule has 0 aliphatic carbocycles. The van der Waals surface area contributed by atoms with E-state index in [0.717, 1.165) is 22.1 Å². The maximum Gasteiger partial charge on any atom is 0.251 e. The molecule has 0 atom stereocenters. The number of carbonyl (C=O) groups is 1. The summed E-state index contributed by atoms with van der Waals surface area (Å²) >= 11 is 1.53. The van der Waals surface area contributed by atoms with Gasteiger partial charge in [-0.15, -0.1) is 16.9 Å². The second-order valence-electron chi connectivity index (χ2n) is 4.47. The summed E-state index contributed by atoms with van der Waals surface area (Å²) in [6, 6.07) is 11.0. The van der Waals surface area contributed by atoms with Gasteiger partial charge in [0.15, 0.2) is 0 Å². The van der Waals surface area contributed by atoms with E-state index in [0.29, 0.717) is 12.1 Å². The van der Waals surface area contributed by atoms with E-state index in [4.69, 9.17) is 4.42 Å². The molecular formula is C15H14N4O2S. The summed E-state index contributed by atoms with van der Waals surface area (Å²) < 4.78 is 5.34. The lowest BCUT2D eigenvalue weighted by Gasteiger charge is -2.05. The van der Waals surface area contributed by atoms with Crippen molar-refractivity contribution in [3.05, 3.63) is 54.4 Å². The first-order valence-electron chi connectivity index (χ1n) is 6.73. The van der Waals surface area contributed by atoms with Gasteiger partial charge in [0.05, 0.1) is 12.5 Å². The maximum atomic E-state index is 12.1. The number of aromatic amines is 1. The molecule has 2 N–H and O–H groups in total. The van der Waals surface area contributed by atoms with E-state index in [-0.39, 0.29) is 5.91 Å². The fourth-order valence-electron chi connectivity index (χ4n) is 1.94. The number of H-pyrrole nitrogens is 1. The van der Waals surface area contributed by atoms with Gasteiger partial charge in [0.25, 0.3) is 5.91 Å². The Labute approximate surface area is 131 Å². The van der Waals surface area contributed by atoms with Crippen LogP contribution in [0.15, 0.2) is 58.3 Å². The van der Waals surface area contributed by atoms with Crippen LogP contribution in [0.4, 0.5) is 0 Å². The van der Waals surface area contributed by atoms with Gasteiger partial charge in [0.2, 0.25) is 0 Å². The number of furan rings is 1. The molecule has 0 saturated heterocycles. The van der Waals surface area contributed by atoms with Crippen LogP contribution in [-0.2, 0) is 0 Å². The standard InChI is InChI=1S/C15H14N4O2S/c20-15(16-6-8-22-14-10-17-19-18-14)12-4-1-3-11(9-12)13-5-2-7-21-13/h1-5,7,9-10H,6,8H2,(H,16,20)(H,17,18,19). The van der Waals surface area contributed by atoms with Crippen LogP contribution in [0.1, 0.15) is 10.4 Å².